The predicted octanol–water partition coefficient (Wildman–Crippen LogP) is 0.280. The molecule has 0 aliphatic heterocycles. The molecule has 56 valence electrons. The standard InChI is InChI=1S/C6H5BFNO2/c8-6-3-1-5(2-4-6)7(10)9-11/h1-4,10H. The fraction of sp³-hybridized carbons (Fsp3) is 0. The van der Waals surface area contributed by atoms with Crippen molar-refractivity contribution >= 4 is 12.5 Å². The van der Waals surface area contributed by atoms with Crippen molar-refractivity contribution in [3.63, 3.8) is 0 Å². The Labute approximate surface area is 63.0 Å². The van der Waals surface area contributed by atoms with E-state index < -0.39 is 12.9 Å². The highest BCUT2D eigenvalue weighted by Gasteiger charge is 2.14. The number of rotatable bonds is 2. The number of hydrogen-bond acceptors (Lipinski definition) is 3. The van der Waals surface area contributed by atoms with Crippen molar-refractivity contribution in [2.45, 2.75) is 0 Å². The minimum Gasteiger partial charge on any atom is -0.425 e. The molecule has 3 nitrogen and oxygen atoms in total. The maximum atomic E-state index is 12.3. The Morgan fingerprint density at radius 2 is 1.91 bits per heavy atom. The van der Waals surface area contributed by atoms with Gasteiger partial charge in [0.1, 0.15) is 5.82 Å². The van der Waals surface area contributed by atoms with Gasteiger partial charge in [-0.15, -0.1) is 0 Å². The lowest BCUT2D eigenvalue weighted by Gasteiger charge is -1.95. The summed E-state index contributed by atoms with van der Waals surface area (Å²) in [4.78, 5) is 9.80. The van der Waals surface area contributed by atoms with Gasteiger partial charge >= 0.3 is 7.05 Å². The van der Waals surface area contributed by atoms with E-state index in [4.69, 9.17) is 5.02 Å². The Morgan fingerprint density at radius 3 is 2.36 bits per heavy atom. The van der Waals surface area contributed by atoms with Crippen LogP contribution >= 0.6 is 0 Å². The lowest BCUT2D eigenvalue weighted by Crippen LogP contribution is -2.27. The molecule has 0 heterocycles. The largest absolute Gasteiger partial charge is 0.517 e. The lowest BCUT2D eigenvalue weighted by atomic mass is 9.76. The van der Waals surface area contributed by atoms with Gasteiger partial charge in [0.2, 0.25) is 0 Å². The Bertz CT molecular complexity index is 251. The van der Waals surface area contributed by atoms with E-state index >= 15 is 0 Å². The van der Waals surface area contributed by atoms with Gasteiger partial charge in [-0.3, -0.25) is 0 Å². The zero-order valence-electron chi connectivity index (χ0n) is 5.57. The molecule has 11 heavy (non-hydrogen) atoms. The maximum absolute atomic E-state index is 12.3. The molecular weight excluding hydrogens is 148 g/mol. The molecule has 0 saturated heterocycles. The maximum Gasteiger partial charge on any atom is 0.517 e. The number of benzene rings is 1. The highest BCUT2D eigenvalue weighted by atomic mass is 19.1. The van der Waals surface area contributed by atoms with Crippen LogP contribution < -0.4 is 5.46 Å². The molecule has 1 N–H and O–H groups in total. The Kier molecular flexibility index (Phi) is 2.33. The molecule has 1 rings (SSSR count). The molecule has 1 aromatic rings. The molecule has 0 atom stereocenters. The smallest absolute Gasteiger partial charge is 0.425 e. The monoisotopic (exact) mass is 153 g/mol. The van der Waals surface area contributed by atoms with E-state index in [0.29, 0.717) is 5.46 Å². The Balaban J connectivity index is 2.89. The average Bonchev–Trinajstić information content (AvgIpc) is 2.05. The predicted molar refractivity (Wildman–Crippen MR) is 39.8 cm³/mol. The van der Waals surface area contributed by atoms with E-state index in [9.17, 15) is 9.30 Å². The van der Waals surface area contributed by atoms with Gasteiger partial charge in [-0.25, -0.2) is 4.39 Å². The quantitative estimate of drug-likeness (QED) is 0.489. The van der Waals surface area contributed by atoms with Crippen molar-refractivity contribution in [3.8, 4) is 0 Å². The van der Waals surface area contributed by atoms with Gasteiger partial charge in [0.25, 0.3) is 0 Å². The molecule has 0 aliphatic carbocycles. The normalized spacial score (nSPS) is 9.27. The van der Waals surface area contributed by atoms with Crippen molar-refractivity contribution in [3.05, 3.63) is 35.0 Å². The van der Waals surface area contributed by atoms with Crippen LogP contribution in [-0.2, 0) is 0 Å². The Hall–Kier alpha value is -1.23. The summed E-state index contributed by atoms with van der Waals surface area (Å²) in [6.07, 6.45) is 0. The average molecular weight is 153 g/mol. The van der Waals surface area contributed by atoms with Crippen molar-refractivity contribution < 1.29 is 9.41 Å². The summed E-state index contributed by atoms with van der Waals surface area (Å²) in [5, 5.41) is 11.2. The third-order valence-electron chi connectivity index (χ3n) is 1.27. The van der Waals surface area contributed by atoms with Gasteiger partial charge in [-0.1, -0.05) is 17.2 Å². The highest BCUT2D eigenvalue weighted by molar-refractivity contribution is 6.64. The van der Waals surface area contributed by atoms with Crippen LogP contribution in [0.15, 0.2) is 29.4 Å². The fourth-order valence-corrected chi connectivity index (χ4v) is 0.696. The first-order valence-electron chi connectivity index (χ1n) is 3.00. The molecule has 0 bridgehead atoms. The summed E-state index contributed by atoms with van der Waals surface area (Å²) in [6, 6.07) is 4.93. The summed E-state index contributed by atoms with van der Waals surface area (Å²) in [6.45, 7) is 0. The molecule has 0 amide bonds. The van der Waals surface area contributed by atoms with Crippen LogP contribution in [0, 0.1) is 10.7 Å². The highest BCUT2D eigenvalue weighted by Crippen LogP contribution is 1.93. The summed E-state index contributed by atoms with van der Waals surface area (Å²) in [7, 11) is -1.39. The minimum atomic E-state index is -1.39. The van der Waals surface area contributed by atoms with Gasteiger partial charge in [0, 0.05) is 0 Å². The second kappa shape index (κ2) is 3.25. The Morgan fingerprint density at radius 1 is 1.36 bits per heavy atom. The second-order valence-electron chi connectivity index (χ2n) is 2.03. The number of halogens is 1. The van der Waals surface area contributed by atoms with E-state index in [-0.39, 0.29) is 0 Å². The van der Waals surface area contributed by atoms with Crippen LogP contribution in [-0.4, -0.2) is 12.1 Å². The van der Waals surface area contributed by atoms with Gasteiger partial charge < -0.3 is 5.02 Å². The molecular formula is C6H5BFNO2. The number of hydrogen-bond donors (Lipinski definition) is 1. The van der Waals surface area contributed by atoms with E-state index in [1.54, 1.807) is 0 Å². The number of nitroso groups, excluding NO2 is 1. The number of nitrogens with zero attached hydrogens (tertiary/aromatic N) is 1. The SMILES string of the molecule is O=NB(O)c1ccc(F)cc1. The van der Waals surface area contributed by atoms with E-state index in [0.717, 1.165) is 12.1 Å². The summed E-state index contributed by atoms with van der Waals surface area (Å²) < 4.78 is 12.3. The van der Waals surface area contributed by atoms with Crippen LogP contribution in [0.1, 0.15) is 0 Å². The zero-order valence-corrected chi connectivity index (χ0v) is 5.57. The molecule has 0 aromatic heterocycles. The van der Waals surface area contributed by atoms with Gasteiger partial charge in [-0.05, 0) is 17.6 Å². The van der Waals surface area contributed by atoms with E-state index in [1.807, 2.05) is 0 Å². The van der Waals surface area contributed by atoms with Crippen LogP contribution in [0.4, 0.5) is 4.39 Å². The van der Waals surface area contributed by atoms with Gasteiger partial charge in [0.05, 0.1) is 0 Å². The molecule has 0 fully saturated rings. The van der Waals surface area contributed by atoms with Crippen molar-refractivity contribution in [1.82, 2.24) is 0 Å². The molecule has 0 saturated carbocycles. The first kappa shape index (κ1) is 7.88. The van der Waals surface area contributed by atoms with Gasteiger partial charge in [-0.2, -0.15) is 4.91 Å². The molecule has 1 aromatic carbocycles. The van der Waals surface area contributed by atoms with Crippen LogP contribution in [0.3, 0.4) is 0 Å². The molecule has 0 aliphatic rings. The van der Waals surface area contributed by atoms with E-state index in [2.05, 4.69) is 5.09 Å². The third-order valence-corrected chi connectivity index (χ3v) is 1.27. The third kappa shape index (κ3) is 1.85. The molecule has 0 unspecified atom stereocenters. The van der Waals surface area contributed by atoms with Crippen molar-refractivity contribution in [2.75, 3.05) is 0 Å². The van der Waals surface area contributed by atoms with Crippen molar-refractivity contribution in [1.29, 1.82) is 0 Å². The van der Waals surface area contributed by atoms with Crippen molar-refractivity contribution in [2.24, 2.45) is 5.09 Å². The first-order chi connectivity index (χ1) is 5.24. The van der Waals surface area contributed by atoms with Gasteiger partial charge in [0.15, 0.2) is 0 Å². The summed E-state index contributed by atoms with van der Waals surface area (Å²) >= 11 is 0. The zero-order chi connectivity index (χ0) is 8.27. The summed E-state index contributed by atoms with van der Waals surface area (Å²) in [5.74, 6) is -0.410. The van der Waals surface area contributed by atoms with Crippen LogP contribution in [0.5, 0.6) is 0 Å². The lowest BCUT2D eigenvalue weighted by molar-refractivity contribution is 0.587. The minimum absolute atomic E-state index is 0.293. The molecule has 0 spiro atoms. The molecule has 5 heteroatoms. The van der Waals surface area contributed by atoms with Crippen LogP contribution in [0.2, 0.25) is 0 Å². The first-order valence-corrected chi connectivity index (χ1v) is 3.00. The summed E-state index contributed by atoms with van der Waals surface area (Å²) in [5.41, 5.74) is 0.293. The van der Waals surface area contributed by atoms with E-state index in [1.165, 1.54) is 12.1 Å². The fourth-order valence-electron chi connectivity index (χ4n) is 0.696. The second-order valence-corrected chi connectivity index (χ2v) is 2.03. The topological polar surface area (TPSA) is 49.7 Å². The molecule has 0 radical (unpaired) electrons. The van der Waals surface area contributed by atoms with Crippen LogP contribution in [0.25, 0.3) is 0 Å².